The first-order valence-electron chi connectivity index (χ1n) is 14.6. The molecule has 43 heavy (non-hydrogen) atoms. The van der Waals surface area contributed by atoms with E-state index in [9.17, 15) is 0 Å². The van der Waals surface area contributed by atoms with E-state index in [1.807, 2.05) is 42.5 Å². The molecule has 1 aliphatic carbocycles. The molecule has 5 aromatic rings. The Labute approximate surface area is 261 Å². The fraction of sp³-hybridized carbons (Fsp3) is 0.158. The molecule has 0 N–H and O–H groups in total. The van der Waals surface area contributed by atoms with Crippen molar-refractivity contribution in [2.75, 3.05) is 18.5 Å². The number of ether oxygens (including phenoxy) is 2. The van der Waals surface area contributed by atoms with Crippen molar-refractivity contribution in [1.29, 1.82) is 0 Å². The Balaban J connectivity index is 1.23. The van der Waals surface area contributed by atoms with Gasteiger partial charge in [-0.3, -0.25) is 0 Å². The first-order valence-corrected chi connectivity index (χ1v) is 15.7. The minimum Gasteiger partial charge on any atom is -0.493 e. The Bertz CT molecular complexity index is 1730. The van der Waals surface area contributed by atoms with Crippen LogP contribution in [0.1, 0.15) is 22.6 Å². The Morgan fingerprint density at radius 1 is 0.674 bits per heavy atom. The molecule has 5 aromatic carbocycles. The van der Waals surface area contributed by atoms with Crippen LogP contribution in [0.3, 0.4) is 0 Å². The number of allylic oxidation sites excluding steroid dienone is 2. The van der Waals surface area contributed by atoms with Gasteiger partial charge in [-0.1, -0.05) is 119 Å². The lowest BCUT2D eigenvalue weighted by atomic mass is 9.73. The summed E-state index contributed by atoms with van der Waals surface area (Å²) in [5.74, 6) is 1.62. The van der Waals surface area contributed by atoms with Gasteiger partial charge in [-0.05, 0) is 69.9 Å². The van der Waals surface area contributed by atoms with E-state index in [2.05, 4.69) is 119 Å². The summed E-state index contributed by atoms with van der Waals surface area (Å²) < 4.78 is 12.0. The molecule has 2 unspecified atom stereocenters. The van der Waals surface area contributed by atoms with Crippen LogP contribution >= 0.6 is 15.9 Å². The van der Waals surface area contributed by atoms with Crippen LogP contribution in [0.15, 0.2) is 156 Å². The van der Waals surface area contributed by atoms with Gasteiger partial charge in [0, 0.05) is 17.7 Å². The molecular formula is C38H33BrN2O2. The molecule has 0 spiro atoms. The van der Waals surface area contributed by atoms with Crippen molar-refractivity contribution in [2.24, 2.45) is 10.2 Å². The van der Waals surface area contributed by atoms with Gasteiger partial charge in [0.15, 0.2) is 0 Å². The van der Waals surface area contributed by atoms with Crippen LogP contribution < -0.4 is 9.47 Å². The van der Waals surface area contributed by atoms with Crippen molar-refractivity contribution >= 4 is 32.4 Å². The van der Waals surface area contributed by atoms with Gasteiger partial charge in [-0.15, -0.1) is 0 Å². The van der Waals surface area contributed by atoms with Crippen LogP contribution in [-0.2, 0) is 12.0 Å². The van der Waals surface area contributed by atoms with Crippen molar-refractivity contribution < 1.29 is 9.47 Å². The molecular weight excluding hydrogens is 596 g/mol. The van der Waals surface area contributed by atoms with Crippen LogP contribution in [0.25, 0.3) is 10.8 Å². The van der Waals surface area contributed by atoms with E-state index in [4.69, 9.17) is 19.7 Å². The zero-order valence-corrected chi connectivity index (χ0v) is 25.4. The monoisotopic (exact) mass is 628 g/mol. The highest BCUT2D eigenvalue weighted by molar-refractivity contribution is 9.09. The molecule has 5 heteroatoms. The zero-order chi connectivity index (χ0) is 29.3. The van der Waals surface area contributed by atoms with E-state index < -0.39 is 5.54 Å². The lowest BCUT2D eigenvalue weighted by Gasteiger charge is -2.35. The third kappa shape index (κ3) is 6.79. The molecule has 0 fully saturated rings. The van der Waals surface area contributed by atoms with Crippen LogP contribution in [0, 0.1) is 0 Å². The van der Waals surface area contributed by atoms with Gasteiger partial charge in [0.05, 0.1) is 18.9 Å². The standard InChI is InChI=1S/C38H33BrN2O2/c39-25-27-43-36-21-17-33(18-22-36)38(41-40-34-10-2-1-3-11-34)24-7-6-12-37(38)31-15-19-35(20-16-31)42-26-23-29-13-14-30-8-4-5-9-32(30)28-29/h1-22,24,28,37H,23,25-27H2. The second-order valence-electron chi connectivity index (χ2n) is 10.5. The summed E-state index contributed by atoms with van der Waals surface area (Å²) in [4.78, 5) is 0. The number of hydrogen-bond acceptors (Lipinski definition) is 4. The Morgan fingerprint density at radius 2 is 1.37 bits per heavy atom. The highest BCUT2D eigenvalue weighted by Gasteiger charge is 2.40. The molecule has 0 saturated carbocycles. The molecule has 0 amide bonds. The van der Waals surface area contributed by atoms with Crippen molar-refractivity contribution in [3.8, 4) is 11.5 Å². The number of benzene rings is 5. The summed E-state index contributed by atoms with van der Waals surface area (Å²) in [5.41, 5.74) is 3.54. The summed E-state index contributed by atoms with van der Waals surface area (Å²) in [5, 5.41) is 13.0. The number of nitrogens with zero attached hydrogens (tertiary/aromatic N) is 2. The topological polar surface area (TPSA) is 43.2 Å². The van der Waals surface area contributed by atoms with Gasteiger partial charge in [0.2, 0.25) is 0 Å². The SMILES string of the molecule is BrCCOc1ccc(C2(N=Nc3ccccc3)C=CC=CC2c2ccc(OCCc3ccc4ccccc4c3)cc2)cc1. The molecule has 0 bridgehead atoms. The van der Waals surface area contributed by atoms with E-state index in [0.29, 0.717) is 13.2 Å². The second kappa shape index (κ2) is 13.7. The van der Waals surface area contributed by atoms with Gasteiger partial charge in [-0.25, -0.2) is 0 Å². The number of hydrogen-bond donors (Lipinski definition) is 0. The minimum atomic E-state index is -0.725. The predicted molar refractivity (Wildman–Crippen MR) is 179 cm³/mol. The summed E-state index contributed by atoms with van der Waals surface area (Å²) in [6.45, 7) is 1.22. The number of rotatable bonds is 11. The Kier molecular flexibility index (Phi) is 9.10. The average Bonchev–Trinajstić information content (AvgIpc) is 3.07. The molecule has 0 saturated heterocycles. The van der Waals surface area contributed by atoms with Crippen molar-refractivity contribution in [1.82, 2.24) is 0 Å². The highest BCUT2D eigenvalue weighted by Crippen LogP contribution is 2.46. The smallest absolute Gasteiger partial charge is 0.135 e. The fourth-order valence-electron chi connectivity index (χ4n) is 5.48. The van der Waals surface area contributed by atoms with Crippen LogP contribution in [0.5, 0.6) is 11.5 Å². The predicted octanol–water partition coefficient (Wildman–Crippen LogP) is 10.1. The Morgan fingerprint density at radius 3 is 2.14 bits per heavy atom. The van der Waals surface area contributed by atoms with Crippen molar-refractivity contribution in [3.05, 3.63) is 162 Å². The molecule has 0 aliphatic heterocycles. The quantitative estimate of drug-likeness (QED) is 0.108. The molecule has 0 heterocycles. The summed E-state index contributed by atoms with van der Waals surface area (Å²) in [7, 11) is 0. The van der Waals surface area contributed by atoms with Crippen molar-refractivity contribution in [2.45, 2.75) is 17.9 Å². The molecule has 2 atom stereocenters. The zero-order valence-electron chi connectivity index (χ0n) is 23.9. The number of azo groups is 1. The van der Waals surface area contributed by atoms with Crippen LogP contribution in [0.4, 0.5) is 5.69 Å². The third-order valence-electron chi connectivity index (χ3n) is 7.70. The van der Waals surface area contributed by atoms with E-state index in [1.165, 1.54) is 16.3 Å². The highest BCUT2D eigenvalue weighted by atomic mass is 79.9. The summed E-state index contributed by atoms with van der Waals surface area (Å²) in [6, 6.07) is 41.5. The van der Waals surface area contributed by atoms with E-state index in [-0.39, 0.29) is 5.92 Å². The lowest BCUT2D eigenvalue weighted by molar-refractivity contribution is 0.322. The van der Waals surface area contributed by atoms with E-state index in [1.54, 1.807) is 0 Å². The molecule has 0 radical (unpaired) electrons. The number of fused-ring (bicyclic) bond motifs is 1. The van der Waals surface area contributed by atoms with Crippen LogP contribution in [0.2, 0.25) is 0 Å². The molecule has 1 aliphatic rings. The maximum absolute atomic E-state index is 6.16. The first kappa shape index (κ1) is 28.6. The largest absolute Gasteiger partial charge is 0.493 e. The first-order chi connectivity index (χ1) is 21.2. The van der Waals surface area contributed by atoms with Gasteiger partial charge in [0.1, 0.15) is 17.0 Å². The van der Waals surface area contributed by atoms with Crippen molar-refractivity contribution in [3.63, 3.8) is 0 Å². The fourth-order valence-corrected chi connectivity index (χ4v) is 5.65. The molecule has 4 nitrogen and oxygen atoms in total. The minimum absolute atomic E-state index is 0.0640. The average molecular weight is 630 g/mol. The summed E-state index contributed by atoms with van der Waals surface area (Å²) >= 11 is 3.43. The van der Waals surface area contributed by atoms with E-state index in [0.717, 1.165) is 40.1 Å². The number of alkyl halides is 1. The molecule has 6 rings (SSSR count). The molecule has 0 aromatic heterocycles. The maximum Gasteiger partial charge on any atom is 0.135 e. The van der Waals surface area contributed by atoms with Gasteiger partial charge >= 0.3 is 0 Å². The molecule has 214 valence electrons. The Hall–Kier alpha value is -4.48. The third-order valence-corrected chi connectivity index (χ3v) is 8.03. The van der Waals surface area contributed by atoms with Gasteiger partial charge in [-0.2, -0.15) is 10.2 Å². The normalized spacial score (nSPS) is 17.8. The van der Waals surface area contributed by atoms with Gasteiger partial charge < -0.3 is 9.47 Å². The summed E-state index contributed by atoms with van der Waals surface area (Å²) in [6.07, 6.45) is 9.34. The lowest BCUT2D eigenvalue weighted by Crippen LogP contribution is -2.30. The maximum atomic E-state index is 6.16. The van der Waals surface area contributed by atoms with Gasteiger partial charge in [0.25, 0.3) is 0 Å². The van der Waals surface area contributed by atoms with E-state index >= 15 is 0 Å². The number of halogens is 1. The van der Waals surface area contributed by atoms with Crippen LogP contribution in [-0.4, -0.2) is 18.5 Å². The second-order valence-corrected chi connectivity index (χ2v) is 11.3.